The number of rotatable bonds is 6. The van der Waals surface area contributed by atoms with Crippen LogP contribution in [0.5, 0.6) is 5.75 Å². The highest BCUT2D eigenvalue weighted by Crippen LogP contribution is 2.20. The number of nitrogens with two attached hydrogens (primary N) is 1. The molecular weight excluding hydrogens is 270 g/mol. The number of anilines is 1. The van der Waals surface area contributed by atoms with Gasteiger partial charge in [-0.3, -0.25) is 0 Å². The molecule has 0 atom stereocenters. The second-order valence-corrected chi connectivity index (χ2v) is 6.33. The van der Waals surface area contributed by atoms with E-state index in [4.69, 9.17) is 15.2 Å². The highest BCUT2D eigenvalue weighted by molar-refractivity contribution is 7.90. The molecule has 0 radical (unpaired) electrons. The van der Waals surface area contributed by atoms with Crippen molar-refractivity contribution in [3.05, 3.63) is 23.8 Å². The first kappa shape index (κ1) is 15.3. The van der Waals surface area contributed by atoms with Crippen LogP contribution in [0.25, 0.3) is 0 Å². The minimum atomic E-state index is -3.04. The van der Waals surface area contributed by atoms with E-state index in [2.05, 4.69) is 0 Å². The number of nitrogen functional groups attached to an aromatic ring is 1. The fraction of sp³-hybridized carbons (Fsp3) is 0.417. The molecule has 0 aliphatic rings. The lowest BCUT2D eigenvalue weighted by molar-refractivity contribution is 0.0506. The molecule has 0 amide bonds. The molecule has 0 fully saturated rings. The molecule has 6 nitrogen and oxygen atoms in total. The van der Waals surface area contributed by atoms with E-state index in [1.165, 1.54) is 13.2 Å². The van der Waals surface area contributed by atoms with Crippen molar-refractivity contribution in [2.45, 2.75) is 6.42 Å². The van der Waals surface area contributed by atoms with Crippen molar-refractivity contribution in [1.29, 1.82) is 0 Å². The summed E-state index contributed by atoms with van der Waals surface area (Å²) in [6.07, 6.45) is 1.39. The van der Waals surface area contributed by atoms with E-state index in [1.807, 2.05) is 0 Å². The van der Waals surface area contributed by atoms with Crippen LogP contribution in [-0.4, -0.2) is 40.1 Å². The molecule has 0 unspecified atom stereocenters. The lowest BCUT2D eigenvalue weighted by Crippen LogP contribution is -2.12. The minimum absolute atomic E-state index is 0.0200. The Bertz CT molecular complexity index is 553. The van der Waals surface area contributed by atoms with Crippen molar-refractivity contribution in [3.8, 4) is 5.75 Å². The fourth-order valence-electron chi connectivity index (χ4n) is 1.40. The summed E-state index contributed by atoms with van der Waals surface area (Å²) in [6.45, 7) is 0.0303. The summed E-state index contributed by atoms with van der Waals surface area (Å²) < 4.78 is 31.8. The standard InChI is InChI=1S/C12H17NO5S/c1-17-9-4-5-11(13)10(8-9)12(14)18-6-3-7-19(2,15)16/h4-5,8H,3,6-7,13H2,1-2H3. The van der Waals surface area contributed by atoms with Crippen molar-refractivity contribution < 1.29 is 22.7 Å². The molecule has 106 valence electrons. The molecule has 1 rings (SSSR count). The van der Waals surface area contributed by atoms with Crippen LogP contribution >= 0.6 is 0 Å². The van der Waals surface area contributed by atoms with Crippen molar-refractivity contribution in [3.63, 3.8) is 0 Å². The molecule has 0 saturated heterocycles. The van der Waals surface area contributed by atoms with Gasteiger partial charge in [0.05, 0.1) is 25.0 Å². The molecule has 0 aromatic heterocycles. The van der Waals surface area contributed by atoms with Gasteiger partial charge in [0.15, 0.2) is 0 Å². The number of sulfone groups is 1. The number of carbonyl (C=O) groups excluding carboxylic acids is 1. The quantitative estimate of drug-likeness (QED) is 0.474. The maximum atomic E-state index is 11.8. The zero-order valence-corrected chi connectivity index (χ0v) is 11.7. The number of ether oxygens (including phenoxy) is 2. The van der Waals surface area contributed by atoms with E-state index < -0.39 is 15.8 Å². The van der Waals surface area contributed by atoms with Crippen LogP contribution in [0.15, 0.2) is 18.2 Å². The first-order valence-corrected chi connectivity index (χ1v) is 7.68. The molecular formula is C12H17NO5S. The number of hydrogen-bond donors (Lipinski definition) is 1. The molecule has 0 saturated carbocycles. The minimum Gasteiger partial charge on any atom is -0.497 e. The normalized spacial score (nSPS) is 11.1. The van der Waals surface area contributed by atoms with Crippen LogP contribution in [0.4, 0.5) is 5.69 Å². The highest BCUT2D eigenvalue weighted by Gasteiger charge is 2.13. The number of benzene rings is 1. The molecule has 7 heteroatoms. The monoisotopic (exact) mass is 287 g/mol. The Balaban J connectivity index is 2.58. The second-order valence-electron chi connectivity index (χ2n) is 4.07. The van der Waals surface area contributed by atoms with Crippen molar-refractivity contribution in [2.75, 3.05) is 31.5 Å². The third-order valence-electron chi connectivity index (χ3n) is 2.37. The van der Waals surface area contributed by atoms with Gasteiger partial charge in [-0.2, -0.15) is 0 Å². The van der Waals surface area contributed by atoms with Crippen LogP contribution < -0.4 is 10.5 Å². The maximum absolute atomic E-state index is 11.8. The molecule has 19 heavy (non-hydrogen) atoms. The van der Waals surface area contributed by atoms with Gasteiger partial charge in [0.1, 0.15) is 15.6 Å². The molecule has 2 N–H and O–H groups in total. The van der Waals surface area contributed by atoms with E-state index >= 15 is 0 Å². The highest BCUT2D eigenvalue weighted by atomic mass is 32.2. The molecule has 1 aromatic carbocycles. The topological polar surface area (TPSA) is 95.7 Å². The summed E-state index contributed by atoms with van der Waals surface area (Å²) in [5.41, 5.74) is 6.16. The van der Waals surface area contributed by atoms with Crippen LogP contribution in [0, 0.1) is 0 Å². The average molecular weight is 287 g/mol. The number of methoxy groups -OCH3 is 1. The van der Waals surface area contributed by atoms with Gasteiger partial charge in [0.25, 0.3) is 0 Å². The van der Waals surface area contributed by atoms with E-state index in [1.54, 1.807) is 12.1 Å². The fourth-order valence-corrected chi connectivity index (χ4v) is 2.05. The van der Waals surface area contributed by atoms with Gasteiger partial charge in [0, 0.05) is 11.9 Å². The van der Waals surface area contributed by atoms with Gasteiger partial charge < -0.3 is 15.2 Å². The Morgan fingerprint density at radius 3 is 2.63 bits per heavy atom. The zero-order valence-electron chi connectivity index (χ0n) is 10.9. The predicted octanol–water partition coefficient (Wildman–Crippen LogP) is 0.869. The Morgan fingerprint density at radius 1 is 1.37 bits per heavy atom. The van der Waals surface area contributed by atoms with Crippen molar-refractivity contribution >= 4 is 21.5 Å². The summed E-state index contributed by atoms with van der Waals surface area (Å²) in [5, 5.41) is 0. The summed E-state index contributed by atoms with van der Waals surface area (Å²) in [7, 11) is -1.56. The van der Waals surface area contributed by atoms with E-state index in [-0.39, 0.29) is 30.0 Å². The summed E-state index contributed by atoms with van der Waals surface area (Å²) in [6, 6.07) is 4.66. The van der Waals surface area contributed by atoms with Crippen LogP contribution in [0.3, 0.4) is 0 Å². The van der Waals surface area contributed by atoms with E-state index in [0.29, 0.717) is 5.75 Å². The molecule has 0 spiro atoms. The van der Waals surface area contributed by atoms with Crippen LogP contribution in [-0.2, 0) is 14.6 Å². The van der Waals surface area contributed by atoms with Crippen LogP contribution in [0.1, 0.15) is 16.8 Å². The van der Waals surface area contributed by atoms with E-state index in [9.17, 15) is 13.2 Å². The van der Waals surface area contributed by atoms with Crippen molar-refractivity contribution in [1.82, 2.24) is 0 Å². The van der Waals surface area contributed by atoms with Gasteiger partial charge in [-0.15, -0.1) is 0 Å². The predicted molar refractivity (Wildman–Crippen MR) is 72.0 cm³/mol. The average Bonchev–Trinajstić information content (AvgIpc) is 2.34. The first-order valence-electron chi connectivity index (χ1n) is 5.62. The molecule has 0 heterocycles. The summed E-state index contributed by atoms with van der Waals surface area (Å²) in [5.74, 6) is -0.115. The van der Waals surface area contributed by atoms with Gasteiger partial charge >= 0.3 is 5.97 Å². The second kappa shape index (κ2) is 6.42. The Morgan fingerprint density at radius 2 is 2.05 bits per heavy atom. The number of carbonyl (C=O) groups is 1. The van der Waals surface area contributed by atoms with Gasteiger partial charge in [-0.25, -0.2) is 13.2 Å². The number of hydrogen-bond acceptors (Lipinski definition) is 6. The molecule has 0 aliphatic carbocycles. The lowest BCUT2D eigenvalue weighted by atomic mass is 10.2. The van der Waals surface area contributed by atoms with E-state index in [0.717, 1.165) is 6.26 Å². The first-order chi connectivity index (χ1) is 8.83. The van der Waals surface area contributed by atoms with Gasteiger partial charge in [0.2, 0.25) is 0 Å². The maximum Gasteiger partial charge on any atom is 0.340 e. The Kier molecular flexibility index (Phi) is 5.17. The summed E-state index contributed by atoms with van der Waals surface area (Å²) >= 11 is 0. The smallest absolute Gasteiger partial charge is 0.340 e. The largest absolute Gasteiger partial charge is 0.497 e. The third kappa shape index (κ3) is 5.17. The Labute approximate surface area is 112 Å². The molecule has 1 aromatic rings. The molecule has 0 bridgehead atoms. The number of esters is 1. The Hall–Kier alpha value is -1.76. The van der Waals surface area contributed by atoms with Crippen molar-refractivity contribution in [2.24, 2.45) is 0 Å². The SMILES string of the molecule is COc1ccc(N)c(C(=O)OCCCS(C)(=O)=O)c1. The van der Waals surface area contributed by atoms with Gasteiger partial charge in [-0.1, -0.05) is 0 Å². The lowest BCUT2D eigenvalue weighted by Gasteiger charge is -2.08. The molecule has 0 aliphatic heterocycles. The third-order valence-corrected chi connectivity index (χ3v) is 3.40. The van der Waals surface area contributed by atoms with Crippen LogP contribution in [0.2, 0.25) is 0 Å². The van der Waals surface area contributed by atoms with Gasteiger partial charge in [-0.05, 0) is 24.6 Å². The zero-order chi connectivity index (χ0) is 14.5. The summed E-state index contributed by atoms with van der Waals surface area (Å²) in [4.78, 5) is 11.8.